The van der Waals surface area contributed by atoms with Gasteiger partial charge in [-0.2, -0.15) is 5.26 Å². The number of nitriles is 1. The number of nitrogens with zero attached hydrogens (tertiary/aromatic N) is 4. The second-order valence-electron chi connectivity index (χ2n) is 7.63. The number of hydrogen-bond acceptors (Lipinski definition) is 4. The molecule has 3 aliphatic rings. The molecule has 7 heteroatoms. The third kappa shape index (κ3) is 2.91. The number of primary amides is 1. The molecule has 4 heterocycles. The summed E-state index contributed by atoms with van der Waals surface area (Å²) in [6.07, 6.45) is 0. The van der Waals surface area contributed by atoms with E-state index in [1.807, 2.05) is 19.1 Å². The van der Waals surface area contributed by atoms with E-state index in [1.165, 1.54) is 5.56 Å². The third-order valence-electron chi connectivity index (χ3n) is 5.95. The Balaban J connectivity index is 1.63. The molecular formula is C18H23N5OS+2. The zero-order valence-electron chi connectivity index (χ0n) is 14.5. The van der Waals surface area contributed by atoms with Crippen LogP contribution < -0.4 is 5.73 Å². The van der Waals surface area contributed by atoms with Crippen LogP contribution in [0.1, 0.15) is 16.1 Å². The number of aromatic nitrogens is 1. The second-order valence-corrected chi connectivity index (χ2v) is 8.87. The van der Waals surface area contributed by atoms with Gasteiger partial charge in [0.15, 0.2) is 6.54 Å². The SMILES string of the molecule is Cc1nc2c(C[N+]34CC[N+](CC(N)=O)(CC3)CC4)cc(C#N)cc2s1. The minimum Gasteiger partial charge on any atom is -0.365 e. The lowest BCUT2D eigenvalue weighted by atomic mass is 10.0. The van der Waals surface area contributed by atoms with Crippen molar-refractivity contribution in [1.82, 2.24) is 4.98 Å². The highest BCUT2D eigenvalue weighted by Crippen LogP contribution is 2.32. The molecule has 25 heavy (non-hydrogen) atoms. The number of nitrogens with two attached hydrogens (primary N) is 1. The lowest BCUT2D eigenvalue weighted by Gasteiger charge is -2.55. The maximum Gasteiger partial charge on any atom is 0.272 e. The molecule has 0 spiro atoms. The van der Waals surface area contributed by atoms with Gasteiger partial charge in [0.1, 0.15) is 45.8 Å². The van der Waals surface area contributed by atoms with Gasteiger partial charge >= 0.3 is 0 Å². The van der Waals surface area contributed by atoms with Crippen molar-refractivity contribution >= 4 is 27.5 Å². The van der Waals surface area contributed by atoms with Gasteiger partial charge in [0.25, 0.3) is 5.91 Å². The number of amides is 1. The van der Waals surface area contributed by atoms with E-state index in [-0.39, 0.29) is 5.91 Å². The molecule has 130 valence electrons. The Morgan fingerprint density at radius 1 is 1.24 bits per heavy atom. The first kappa shape index (κ1) is 16.5. The molecule has 6 nitrogen and oxygen atoms in total. The van der Waals surface area contributed by atoms with Crippen LogP contribution >= 0.6 is 11.3 Å². The number of piperazine rings is 3. The number of hydrogen-bond donors (Lipinski definition) is 1. The maximum absolute atomic E-state index is 11.4. The zero-order valence-corrected chi connectivity index (χ0v) is 15.3. The van der Waals surface area contributed by atoms with Gasteiger partial charge in [-0.15, -0.1) is 11.3 Å². The molecule has 2 bridgehead atoms. The summed E-state index contributed by atoms with van der Waals surface area (Å²) in [5, 5.41) is 10.4. The fourth-order valence-corrected chi connectivity index (χ4v) is 5.42. The van der Waals surface area contributed by atoms with E-state index in [2.05, 4.69) is 6.07 Å². The van der Waals surface area contributed by atoms with Crippen LogP contribution in [0, 0.1) is 18.3 Å². The van der Waals surface area contributed by atoms with E-state index < -0.39 is 0 Å². The first-order valence-electron chi connectivity index (χ1n) is 8.71. The van der Waals surface area contributed by atoms with Gasteiger partial charge in [-0.1, -0.05) is 0 Å². The highest BCUT2D eigenvalue weighted by molar-refractivity contribution is 7.18. The number of quaternary nitrogens is 2. The summed E-state index contributed by atoms with van der Waals surface area (Å²) < 4.78 is 3.01. The summed E-state index contributed by atoms with van der Waals surface area (Å²) in [7, 11) is 0. The molecular weight excluding hydrogens is 334 g/mol. The topological polar surface area (TPSA) is 79.8 Å². The normalized spacial score (nSPS) is 28.2. The van der Waals surface area contributed by atoms with Gasteiger partial charge in [-0.05, 0) is 19.1 Å². The van der Waals surface area contributed by atoms with Crippen molar-refractivity contribution in [2.24, 2.45) is 5.73 Å². The first-order chi connectivity index (χ1) is 11.9. The predicted molar refractivity (Wildman–Crippen MR) is 96.6 cm³/mol. The van der Waals surface area contributed by atoms with E-state index in [0.29, 0.717) is 6.54 Å². The summed E-state index contributed by atoms with van der Waals surface area (Å²) in [6.45, 7) is 9.65. The van der Waals surface area contributed by atoms with Crippen molar-refractivity contribution in [2.75, 3.05) is 45.8 Å². The van der Waals surface area contributed by atoms with Crippen LogP contribution in [0.5, 0.6) is 0 Å². The summed E-state index contributed by atoms with van der Waals surface area (Å²) in [5.41, 5.74) is 8.42. The van der Waals surface area contributed by atoms with Crippen molar-refractivity contribution in [3.05, 3.63) is 28.3 Å². The minimum absolute atomic E-state index is 0.191. The van der Waals surface area contributed by atoms with Gasteiger partial charge in [-0.25, -0.2) is 4.98 Å². The fraction of sp³-hybridized carbons (Fsp3) is 0.500. The van der Waals surface area contributed by atoms with Gasteiger partial charge in [-0.3, -0.25) is 4.79 Å². The predicted octanol–water partition coefficient (Wildman–Crippen LogP) is 1.12. The summed E-state index contributed by atoms with van der Waals surface area (Å²) in [6, 6.07) is 6.26. The largest absolute Gasteiger partial charge is 0.365 e. The smallest absolute Gasteiger partial charge is 0.272 e. The molecule has 0 saturated carbocycles. The number of carbonyl (C=O) groups excluding carboxylic acids is 1. The molecule has 0 aliphatic carbocycles. The highest BCUT2D eigenvalue weighted by Gasteiger charge is 2.49. The van der Waals surface area contributed by atoms with Crippen molar-refractivity contribution in [1.29, 1.82) is 5.26 Å². The van der Waals surface area contributed by atoms with Crippen molar-refractivity contribution < 1.29 is 13.8 Å². The monoisotopic (exact) mass is 357 g/mol. The number of benzene rings is 1. The molecule has 3 aliphatic heterocycles. The molecule has 1 aromatic carbocycles. The molecule has 3 fully saturated rings. The minimum atomic E-state index is -0.191. The Labute approximate surface area is 151 Å². The van der Waals surface area contributed by atoms with Crippen LogP contribution in [0.3, 0.4) is 0 Å². The Morgan fingerprint density at radius 2 is 1.88 bits per heavy atom. The van der Waals surface area contributed by atoms with Crippen LogP contribution in [0.2, 0.25) is 0 Å². The molecule has 0 radical (unpaired) electrons. The number of rotatable bonds is 4. The number of thiazole rings is 1. The van der Waals surface area contributed by atoms with Gasteiger partial charge in [0, 0.05) is 5.56 Å². The Bertz CT molecular complexity index is 872. The van der Waals surface area contributed by atoms with Crippen molar-refractivity contribution in [3.63, 3.8) is 0 Å². The van der Waals surface area contributed by atoms with Crippen LogP contribution in [-0.2, 0) is 11.3 Å². The molecule has 2 N–H and O–H groups in total. The van der Waals surface area contributed by atoms with E-state index in [0.717, 1.165) is 75.6 Å². The molecule has 0 atom stereocenters. The Hall–Kier alpha value is -2.01. The average Bonchev–Trinajstić information content (AvgIpc) is 2.96. The first-order valence-corrected chi connectivity index (χ1v) is 9.53. The van der Waals surface area contributed by atoms with Gasteiger partial charge in [0.05, 0.1) is 26.9 Å². The van der Waals surface area contributed by atoms with E-state index in [9.17, 15) is 10.1 Å². The van der Waals surface area contributed by atoms with E-state index in [1.54, 1.807) is 11.3 Å². The van der Waals surface area contributed by atoms with Crippen LogP contribution in [-0.4, -0.2) is 65.7 Å². The molecule has 3 saturated heterocycles. The van der Waals surface area contributed by atoms with Crippen LogP contribution in [0.4, 0.5) is 0 Å². The molecule has 2 aromatic rings. The second kappa shape index (κ2) is 5.77. The highest BCUT2D eigenvalue weighted by atomic mass is 32.1. The van der Waals surface area contributed by atoms with Gasteiger partial charge in [0.2, 0.25) is 0 Å². The quantitative estimate of drug-likeness (QED) is 0.833. The maximum atomic E-state index is 11.4. The Kier molecular flexibility index (Phi) is 3.80. The van der Waals surface area contributed by atoms with Crippen LogP contribution in [0.15, 0.2) is 12.1 Å². The summed E-state index contributed by atoms with van der Waals surface area (Å²) >= 11 is 1.66. The summed E-state index contributed by atoms with van der Waals surface area (Å²) in [5.74, 6) is -0.191. The average molecular weight is 357 g/mol. The third-order valence-corrected chi connectivity index (χ3v) is 6.87. The lowest BCUT2D eigenvalue weighted by Crippen LogP contribution is -2.75. The van der Waals surface area contributed by atoms with Crippen LogP contribution in [0.25, 0.3) is 10.2 Å². The molecule has 1 aromatic heterocycles. The number of aryl methyl sites for hydroxylation is 1. The lowest BCUT2D eigenvalue weighted by molar-refractivity contribution is -1.08. The number of fused-ring (bicyclic) bond motifs is 4. The zero-order chi connectivity index (χ0) is 17.7. The molecule has 0 unspecified atom stereocenters. The van der Waals surface area contributed by atoms with Crippen molar-refractivity contribution in [3.8, 4) is 6.07 Å². The Morgan fingerprint density at radius 3 is 2.48 bits per heavy atom. The fourth-order valence-electron chi connectivity index (χ4n) is 4.50. The van der Waals surface area contributed by atoms with Crippen molar-refractivity contribution in [2.45, 2.75) is 13.5 Å². The number of carbonyl (C=O) groups is 1. The van der Waals surface area contributed by atoms with Gasteiger partial charge < -0.3 is 14.7 Å². The van der Waals surface area contributed by atoms with E-state index in [4.69, 9.17) is 10.7 Å². The van der Waals surface area contributed by atoms with E-state index >= 15 is 0 Å². The molecule has 5 rings (SSSR count). The standard InChI is InChI=1S/C18H22N5OS/c1-13-21-18-15(8-14(10-19)9-16(18)25-13)11-22-2-5-23(6-3-22,7-4-22)12-17(20)24/h8-9H,2-7,11-12H2,1H3,(H-,20,24)/q+1/p+1. The molecule has 1 amide bonds. The summed E-state index contributed by atoms with van der Waals surface area (Å²) in [4.78, 5) is 16.1.